The Bertz CT molecular complexity index is 957. The summed E-state index contributed by atoms with van der Waals surface area (Å²) >= 11 is 0. The summed E-state index contributed by atoms with van der Waals surface area (Å²) in [5.41, 5.74) is 1.94. The molecule has 7 nitrogen and oxygen atoms in total. The van der Waals surface area contributed by atoms with Crippen LogP contribution in [0.3, 0.4) is 0 Å². The van der Waals surface area contributed by atoms with E-state index in [1.54, 1.807) is 4.90 Å². The zero-order chi connectivity index (χ0) is 22.5. The molecule has 4 aliphatic rings. The molecule has 0 radical (unpaired) electrons. The molecule has 0 bridgehead atoms. The van der Waals surface area contributed by atoms with Crippen molar-refractivity contribution >= 4 is 17.7 Å². The van der Waals surface area contributed by atoms with Crippen molar-refractivity contribution < 1.29 is 24.4 Å². The summed E-state index contributed by atoms with van der Waals surface area (Å²) in [6.07, 6.45) is 6.89. The molecule has 1 aliphatic carbocycles. The van der Waals surface area contributed by atoms with Gasteiger partial charge in [-0.25, -0.2) is 4.79 Å². The molecule has 32 heavy (non-hydrogen) atoms. The van der Waals surface area contributed by atoms with Crippen LogP contribution >= 0.6 is 0 Å². The number of rotatable bonds is 4. The lowest BCUT2D eigenvalue weighted by molar-refractivity contribution is -0.394. The Kier molecular flexibility index (Phi) is 5.48. The van der Waals surface area contributed by atoms with Crippen LogP contribution in [0.2, 0.25) is 0 Å². The van der Waals surface area contributed by atoms with Crippen LogP contribution in [-0.2, 0) is 11.3 Å². The van der Waals surface area contributed by atoms with E-state index in [1.165, 1.54) is 25.7 Å². The molecule has 2 fully saturated rings. The fraction of sp³-hybridized carbons (Fsp3) is 0.640. The lowest BCUT2D eigenvalue weighted by Gasteiger charge is -2.42. The molecule has 1 aromatic rings. The van der Waals surface area contributed by atoms with E-state index in [-0.39, 0.29) is 23.8 Å². The average Bonchev–Trinajstić information content (AvgIpc) is 3.32. The minimum absolute atomic E-state index is 0.103. The number of fused-ring (bicyclic) bond motifs is 1. The van der Waals surface area contributed by atoms with Crippen molar-refractivity contribution in [2.75, 3.05) is 13.1 Å². The number of carbonyl (C=O) groups excluding carboxylic acids is 2. The van der Waals surface area contributed by atoms with Gasteiger partial charge in [0.25, 0.3) is 5.91 Å². The molecule has 5 rings (SSSR count). The van der Waals surface area contributed by atoms with Crippen molar-refractivity contribution in [3.05, 3.63) is 29.3 Å². The molecular formula is C25H34N3O4+. The highest BCUT2D eigenvalue weighted by Crippen LogP contribution is 2.36. The fourth-order valence-corrected chi connectivity index (χ4v) is 6.03. The number of piperidine rings is 1. The van der Waals surface area contributed by atoms with Crippen LogP contribution in [0.5, 0.6) is 5.75 Å². The molecule has 1 saturated heterocycles. The number of carbonyl (C=O) groups is 2. The lowest BCUT2D eigenvalue weighted by atomic mass is 9.83. The SMILES string of the molecule is CC1(C)CCCN([C@H]2CCC[C@@H]2Oc2ccc3c(c2)CN(C2CCC(=O)[NH+]=C2O)C3=O)C1. The Balaban J connectivity index is 1.29. The van der Waals surface area contributed by atoms with Crippen LogP contribution < -0.4 is 9.73 Å². The molecule has 3 heterocycles. The summed E-state index contributed by atoms with van der Waals surface area (Å²) in [5, 5.41) is 10.2. The van der Waals surface area contributed by atoms with Crippen LogP contribution in [0.25, 0.3) is 0 Å². The third-order valence-electron chi connectivity index (χ3n) is 7.62. The van der Waals surface area contributed by atoms with Gasteiger partial charge < -0.3 is 14.7 Å². The van der Waals surface area contributed by atoms with Crippen molar-refractivity contribution in [1.29, 1.82) is 0 Å². The monoisotopic (exact) mass is 440 g/mol. The first-order valence-electron chi connectivity index (χ1n) is 12.0. The summed E-state index contributed by atoms with van der Waals surface area (Å²) in [5.74, 6) is 0.379. The third kappa shape index (κ3) is 4.03. The van der Waals surface area contributed by atoms with Crippen molar-refractivity contribution in [2.24, 2.45) is 5.41 Å². The molecule has 0 spiro atoms. The second kappa shape index (κ2) is 8.18. The molecule has 172 valence electrons. The maximum absolute atomic E-state index is 12.9. The van der Waals surface area contributed by atoms with Gasteiger partial charge >= 0.3 is 11.8 Å². The summed E-state index contributed by atoms with van der Waals surface area (Å²) in [4.78, 5) is 31.2. The maximum Gasteiger partial charge on any atom is 0.388 e. The van der Waals surface area contributed by atoms with Gasteiger partial charge in [-0.3, -0.25) is 9.69 Å². The number of benzene rings is 1. The third-order valence-corrected chi connectivity index (χ3v) is 7.62. The first kappa shape index (κ1) is 21.4. The van der Waals surface area contributed by atoms with Crippen molar-refractivity contribution in [1.82, 2.24) is 9.80 Å². The van der Waals surface area contributed by atoms with Gasteiger partial charge in [0.2, 0.25) is 0 Å². The number of hydrogen-bond acceptors (Lipinski definition) is 4. The van der Waals surface area contributed by atoms with E-state index in [0.717, 1.165) is 30.8 Å². The summed E-state index contributed by atoms with van der Waals surface area (Å²) in [7, 11) is 0. The van der Waals surface area contributed by atoms with Crippen molar-refractivity contribution in [3.63, 3.8) is 0 Å². The number of aliphatic hydroxyl groups is 1. The highest BCUT2D eigenvalue weighted by atomic mass is 16.5. The number of amides is 2. The Labute approximate surface area is 189 Å². The summed E-state index contributed by atoms with van der Waals surface area (Å²) < 4.78 is 6.50. The Hall–Kier alpha value is -2.41. The molecule has 7 heteroatoms. The second-order valence-electron chi connectivity index (χ2n) is 10.6. The van der Waals surface area contributed by atoms with E-state index in [2.05, 4.69) is 23.7 Å². The Morgan fingerprint density at radius 1 is 1.16 bits per heavy atom. The first-order valence-corrected chi connectivity index (χ1v) is 12.0. The van der Waals surface area contributed by atoms with E-state index < -0.39 is 6.04 Å². The molecule has 0 aromatic heterocycles. The number of nitrogens with one attached hydrogen (secondary N) is 1. The standard InChI is InChI=1S/C25H33N3O4/c1-25(2)11-4-12-27(15-25)19-5-3-6-21(19)32-17-7-8-18-16(13-17)14-28(24(18)31)20-9-10-22(29)26-23(20)30/h7-8,13,19-21H,3-6,9-12,14-15H2,1-2H3,(H,26,29,30)/p+1/t19-,20?,21-/m0/s1. The van der Waals surface area contributed by atoms with Gasteiger partial charge in [-0.05, 0) is 74.2 Å². The quantitative estimate of drug-likeness (QED) is 0.746. The van der Waals surface area contributed by atoms with Gasteiger partial charge in [0.15, 0.2) is 6.04 Å². The minimum Gasteiger partial charge on any atom is -0.489 e. The van der Waals surface area contributed by atoms with Gasteiger partial charge in [0.1, 0.15) is 11.9 Å². The summed E-state index contributed by atoms with van der Waals surface area (Å²) in [6, 6.07) is 5.72. The van der Waals surface area contributed by atoms with E-state index in [0.29, 0.717) is 36.4 Å². The van der Waals surface area contributed by atoms with Crippen molar-refractivity contribution in [3.8, 4) is 5.75 Å². The largest absolute Gasteiger partial charge is 0.489 e. The van der Waals surface area contributed by atoms with Crippen LogP contribution in [-0.4, -0.2) is 63.9 Å². The molecule has 2 amide bonds. The van der Waals surface area contributed by atoms with Crippen LogP contribution in [0.15, 0.2) is 18.2 Å². The number of ether oxygens (including phenoxy) is 1. The molecule has 1 saturated carbocycles. The second-order valence-corrected chi connectivity index (χ2v) is 10.6. The van der Waals surface area contributed by atoms with Crippen LogP contribution in [0, 0.1) is 5.41 Å². The van der Waals surface area contributed by atoms with Crippen LogP contribution in [0.4, 0.5) is 0 Å². The lowest BCUT2D eigenvalue weighted by Crippen LogP contribution is -2.82. The highest BCUT2D eigenvalue weighted by molar-refractivity contribution is 6.01. The molecule has 2 N–H and O–H groups in total. The van der Waals surface area contributed by atoms with E-state index in [1.807, 2.05) is 18.2 Å². The average molecular weight is 441 g/mol. The Morgan fingerprint density at radius 3 is 2.78 bits per heavy atom. The smallest absolute Gasteiger partial charge is 0.388 e. The number of nitrogens with zero attached hydrogens (tertiary/aromatic N) is 2. The summed E-state index contributed by atoms with van der Waals surface area (Å²) in [6.45, 7) is 7.42. The van der Waals surface area contributed by atoms with Gasteiger partial charge in [-0.2, -0.15) is 0 Å². The van der Waals surface area contributed by atoms with Crippen LogP contribution in [0.1, 0.15) is 74.7 Å². The predicted molar refractivity (Wildman–Crippen MR) is 120 cm³/mol. The molecule has 3 aliphatic heterocycles. The number of hydrogen-bond donors (Lipinski definition) is 2. The molecule has 3 atom stereocenters. The van der Waals surface area contributed by atoms with E-state index in [9.17, 15) is 14.7 Å². The van der Waals surface area contributed by atoms with Gasteiger partial charge in [0, 0.05) is 24.7 Å². The van der Waals surface area contributed by atoms with Crippen molar-refractivity contribution in [2.45, 2.75) is 83.5 Å². The molecule has 1 aromatic carbocycles. The molecule has 1 unspecified atom stereocenters. The number of aliphatic hydroxyl groups excluding tert-OH is 1. The zero-order valence-corrected chi connectivity index (χ0v) is 19.1. The van der Waals surface area contributed by atoms with E-state index in [4.69, 9.17) is 4.74 Å². The highest BCUT2D eigenvalue weighted by Gasteiger charge is 2.41. The molecular weight excluding hydrogens is 406 g/mol. The zero-order valence-electron chi connectivity index (χ0n) is 19.1. The van der Waals surface area contributed by atoms with Gasteiger partial charge in [0.05, 0.1) is 6.42 Å². The first-order chi connectivity index (χ1) is 15.3. The number of likely N-dealkylation sites (tertiary alicyclic amines) is 1. The normalized spacial score (nSPS) is 30.4. The van der Waals surface area contributed by atoms with Gasteiger partial charge in [-0.1, -0.05) is 13.8 Å². The maximum atomic E-state index is 12.9. The topological polar surface area (TPSA) is 84.1 Å². The fourth-order valence-electron chi connectivity index (χ4n) is 6.03. The minimum atomic E-state index is -0.473. The van der Waals surface area contributed by atoms with E-state index >= 15 is 0 Å². The Morgan fingerprint density at radius 2 is 2.00 bits per heavy atom. The van der Waals surface area contributed by atoms with Gasteiger partial charge in [-0.15, -0.1) is 4.99 Å². The predicted octanol–water partition coefficient (Wildman–Crippen LogP) is 1.79.